The van der Waals surface area contributed by atoms with E-state index < -0.39 is 0 Å². The Labute approximate surface area is 93.3 Å². The van der Waals surface area contributed by atoms with Crippen molar-refractivity contribution in [2.24, 2.45) is 5.73 Å². The molecule has 0 saturated carbocycles. The molecular formula is C10H13N5O. The lowest BCUT2D eigenvalue weighted by Gasteiger charge is -2.05. The lowest BCUT2D eigenvalue weighted by molar-refractivity contribution is -0.118. The third-order valence-electron chi connectivity index (χ3n) is 1.94. The van der Waals surface area contributed by atoms with Crippen LogP contribution in [0, 0.1) is 11.3 Å². The Morgan fingerprint density at radius 1 is 1.56 bits per heavy atom. The van der Waals surface area contributed by atoms with Crippen molar-refractivity contribution in [2.75, 3.05) is 17.6 Å². The molecule has 0 radical (unpaired) electrons. The molecule has 0 saturated heterocycles. The summed E-state index contributed by atoms with van der Waals surface area (Å²) in [7, 11) is 0. The van der Waals surface area contributed by atoms with Crippen molar-refractivity contribution in [3.05, 3.63) is 17.8 Å². The number of carbonyl (C=O) groups is 1. The molecule has 0 fully saturated rings. The quantitative estimate of drug-likeness (QED) is 0.612. The molecule has 0 aliphatic rings. The molecule has 1 amide bonds. The van der Waals surface area contributed by atoms with E-state index in [-0.39, 0.29) is 11.6 Å². The van der Waals surface area contributed by atoms with Crippen molar-refractivity contribution in [3.63, 3.8) is 0 Å². The number of hydrogen-bond acceptors (Lipinski definition) is 5. The third kappa shape index (κ3) is 3.46. The number of hydrogen-bond donors (Lipinski definition) is 3. The molecule has 1 rings (SSSR count). The minimum absolute atomic E-state index is 0.194. The number of primary amides is 1. The van der Waals surface area contributed by atoms with Crippen molar-refractivity contribution in [1.29, 1.82) is 5.26 Å². The number of nitrogen functional groups attached to an aromatic ring is 1. The van der Waals surface area contributed by atoms with Gasteiger partial charge in [-0.2, -0.15) is 5.26 Å². The maximum absolute atomic E-state index is 10.5. The SMILES string of the molecule is N#Cc1nc(NCCCC(N)=O)ccc1N. The number of amides is 1. The Hall–Kier alpha value is -2.29. The molecule has 6 heteroatoms. The fraction of sp³-hybridized carbons (Fsp3) is 0.300. The van der Waals surface area contributed by atoms with Crippen LogP contribution in [0.4, 0.5) is 11.5 Å². The van der Waals surface area contributed by atoms with Gasteiger partial charge in [-0.15, -0.1) is 0 Å². The summed E-state index contributed by atoms with van der Waals surface area (Å²) in [6, 6.07) is 5.19. The molecule has 84 valence electrons. The summed E-state index contributed by atoms with van der Waals surface area (Å²) >= 11 is 0. The van der Waals surface area contributed by atoms with E-state index >= 15 is 0 Å². The van der Waals surface area contributed by atoms with E-state index in [1.54, 1.807) is 12.1 Å². The molecule has 5 N–H and O–H groups in total. The lowest BCUT2D eigenvalue weighted by Crippen LogP contribution is -2.13. The Morgan fingerprint density at radius 2 is 2.31 bits per heavy atom. The molecule has 1 aromatic rings. The second-order valence-electron chi connectivity index (χ2n) is 3.24. The lowest BCUT2D eigenvalue weighted by atomic mass is 10.3. The first-order valence-electron chi connectivity index (χ1n) is 4.82. The highest BCUT2D eigenvalue weighted by Gasteiger charge is 2.01. The summed E-state index contributed by atoms with van der Waals surface area (Å²) in [4.78, 5) is 14.5. The number of rotatable bonds is 5. The highest BCUT2D eigenvalue weighted by atomic mass is 16.1. The van der Waals surface area contributed by atoms with Gasteiger partial charge in [0.2, 0.25) is 5.91 Å². The molecule has 0 unspecified atom stereocenters. The summed E-state index contributed by atoms with van der Waals surface area (Å²) in [6.07, 6.45) is 0.955. The minimum atomic E-state index is -0.329. The van der Waals surface area contributed by atoms with Crippen molar-refractivity contribution in [1.82, 2.24) is 4.98 Å². The summed E-state index contributed by atoms with van der Waals surface area (Å²) in [6.45, 7) is 0.574. The average Bonchev–Trinajstić information content (AvgIpc) is 2.26. The van der Waals surface area contributed by atoms with Crippen LogP contribution in [-0.2, 0) is 4.79 Å². The highest BCUT2D eigenvalue weighted by Crippen LogP contribution is 2.11. The van der Waals surface area contributed by atoms with Gasteiger partial charge in [0, 0.05) is 13.0 Å². The van der Waals surface area contributed by atoms with Crippen molar-refractivity contribution < 1.29 is 4.79 Å². The van der Waals surface area contributed by atoms with Crippen LogP contribution in [0.1, 0.15) is 18.5 Å². The van der Waals surface area contributed by atoms with Gasteiger partial charge in [-0.3, -0.25) is 4.79 Å². The molecule has 16 heavy (non-hydrogen) atoms. The van der Waals surface area contributed by atoms with Crippen molar-refractivity contribution >= 4 is 17.4 Å². The van der Waals surface area contributed by atoms with Crippen LogP contribution in [0.3, 0.4) is 0 Å². The molecule has 0 bridgehead atoms. The summed E-state index contributed by atoms with van der Waals surface area (Å²) in [5.74, 6) is 0.236. The van der Waals surface area contributed by atoms with E-state index in [0.29, 0.717) is 30.9 Å². The van der Waals surface area contributed by atoms with Gasteiger partial charge in [-0.25, -0.2) is 4.98 Å². The van der Waals surface area contributed by atoms with Crippen LogP contribution in [0.15, 0.2) is 12.1 Å². The third-order valence-corrected chi connectivity index (χ3v) is 1.94. The zero-order valence-corrected chi connectivity index (χ0v) is 8.73. The summed E-state index contributed by atoms with van der Waals surface area (Å²) in [5, 5.41) is 11.7. The number of nitrogens with two attached hydrogens (primary N) is 2. The topological polar surface area (TPSA) is 118 Å². The van der Waals surface area contributed by atoms with E-state index in [4.69, 9.17) is 16.7 Å². The van der Waals surface area contributed by atoms with Gasteiger partial charge < -0.3 is 16.8 Å². The molecule has 0 aliphatic carbocycles. The summed E-state index contributed by atoms with van der Waals surface area (Å²) in [5.41, 5.74) is 11.1. The fourth-order valence-corrected chi connectivity index (χ4v) is 1.14. The zero-order valence-electron chi connectivity index (χ0n) is 8.73. The number of nitrogens with one attached hydrogen (secondary N) is 1. The predicted molar refractivity (Wildman–Crippen MR) is 60.3 cm³/mol. The van der Waals surface area contributed by atoms with Gasteiger partial charge >= 0.3 is 0 Å². The Morgan fingerprint density at radius 3 is 2.94 bits per heavy atom. The molecule has 1 heterocycles. The van der Waals surface area contributed by atoms with Crippen molar-refractivity contribution in [2.45, 2.75) is 12.8 Å². The van der Waals surface area contributed by atoms with E-state index in [9.17, 15) is 4.79 Å². The maximum atomic E-state index is 10.5. The largest absolute Gasteiger partial charge is 0.396 e. The minimum Gasteiger partial charge on any atom is -0.396 e. The molecular weight excluding hydrogens is 206 g/mol. The number of pyridine rings is 1. The number of aromatic nitrogens is 1. The van der Waals surface area contributed by atoms with Crippen molar-refractivity contribution in [3.8, 4) is 6.07 Å². The number of anilines is 2. The second-order valence-corrected chi connectivity index (χ2v) is 3.24. The first-order valence-corrected chi connectivity index (χ1v) is 4.82. The molecule has 0 spiro atoms. The molecule has 0 aromatic carbocycles. The van der Waals surface area contributed by atoms with Gasteiger partial charge in [-0.05, 0) is 18.6 Å². The highest BCUT2D eigenvalue weighted by molar-refractivity contribution is 5.73. The smallest absolute Gasteiger partial charge is 0.217 e. The summed E-state index contributed by atoms with van der Waals surface area (Å²) < 4.78 is 0. The fourth-order valence-electron chi connectivity index (χ4n) is 1.14. The van der Waals surface area contributed by atoms with Gasteiger partial charge in [0.1, 0.15) is 11.9 Å². The van der Waals surface area contributed by atoms with Crippen LogP contribution < -0.4 is 16.8 Å². The van der Waals surface area contributed by atoms with Gasteiger partial charge in [-0.1, -0.05) is 0 Å². The van der Waals surface area contributed by atoms with Gasteiger partial charge in [0.05, 0.1) is 5.69 Å². The average molecular weight is 219 g/mol. The Balaban J connectivity index is 2.49. The number of nitriles is 1. The van der Waals surface area contributed by atoms with Crippen LogP contribution in [0.25, 0.3) is 0 Å². The van der Waals surface area contributed by atoms with E-state index in [2.05, 4.69) is 10.3 Å². The van der Waals surface area contributed by atoms with E-state index in [1.807, 2.05) is 6.07 Å². The predicted octanol–water partition coefficient (Wildman–Crippen LogP) is 0.213. The van der Waals surface area contributed by atoms with Crippen LogP contribution in [0.5, 0.6) is 0 Å². The van der Waals surface area contributed by atoms with Gasteiger partial charge in [0.25, 0.3) is 0 Å². The second kappa shape index (κ2) is 5.56. The first-order chi connectivity index (χ1) is 7.63. The number of nitrogens with zero attached hydrogens (tertiary/aromatic N) is 2. The monoisotopic (exact) mass is 219 g/mol. The molecule has 6 nitrogen and oxygen atoms in total. The van der Waals surface area contributed by atoms with E-state index in [0.717, 1.165) is 0 Å². The normalized spacial score (nSPS) is 9.44. The Kier molecular flexibility index (Phi) is 4.09. The standard InChI is InChI=1S/C10H13N5O/c11-6-8-7(12)3-4-10(15-8)14-5-1-2-9(13)16/h3-4H,1-2,5,12H2,(H2,13,16)(H,14,15). The number of carbonyl (C=O) groups excluding carboxylic acids is 1. The van der Waals surface area contributed by atoms with Crippen LogP contribution in [-0.4, -0.2) is 17.4 Å². The Bertz CT molecular complexity index is 424. The van der Waals surface area contributed by atoms with Gasteiger partial charge in [0.15, 0.2) is 5.69 Å². The molecule has 0 aliphatic heterocycles. The first kappa shape index (κ1) is 11.8. The van der Waals surface area contributed by atoms with Crippen LogP contribution in [0.2, 0.25) is 0 Å². The maximum Gasteiger partial charge on any atom is 0.217 e. The molecule has 1 aromatic heterocycles. The molecule has 0 atom stereocenters. The van der Waals surface area contributed by atoms with Crippen LogP contribution >= 0.6 is 0 Å². The van der Waals surface area contributed by atoms with E-state index in [1.165, 1.54) is 0 Å². The zero-order chi connectivity index (χ0) is 12.0.